The van der Waals surface area contributed by atoms with E-state index < -0.39 is 0 Å². The maximum Gasteiger partial charge on any atom is 0.112 e. The second-order valence-corrected chi connectivity index (χ2v) is 3.95. The highest BCUT2D eigenvalue weighted by atomic mass is 35.5. The van der Waals surface area contributed by atoms with Gasteiger partial charge in [0, 0.05) is 25.0 Å². The van der Waals surface area contributed by atoms with E-state index in [-0.39, 0.29) is 12.4 Å². The average molecular weight is 243 g/mol. The van der Waals surface area contributed by atoms with Gasteiger partial charge in [0.2, 0.25) is 0 Å². The standard InChI is InChI=1S/C13H22N2.ClH/c1-3-5-6-7-8-9-10-13-14-11-12-15(13)4-2;/h4,11-12H,2-3,5-10H2,1H3;1H. The maximum absolute atomic E-state index is 4.31. The van der Waals surface area contributed by atoms with Crippen molar-refractivity contribution in [3.05, 3.63) is 24.8 Å². The SMILES string of the molecule is C=Cn1ccnc1CCCCCCCC.Cl. The zero-order valence-corrected chi connectivity index (χ0v) is 11.0. The lowest BCUT2D eigenvalue weighted by molar-refractivity contribution is 0.600. The van der Waals surface area contributed by atoms with E-state index in [1.807, 2.05) is 23.2 Å². The van der Waals surface area contributed by atoms with Crippen molar-refractivity contribution in [2.24, 2.45) is 0 Å². The second-order valence-electron chi connectivity index (χ2n) is 3.95. The minimum Gasteiger partial charge on any atom is -0.311 e. The molecule has 0 N–H and O–H groups in total. The van der Waals surface area contributed by atoms with Gasteiger partial charge in [-0.2, -0.15) is 0 Å². The summed E-state index contributed by atoms with van der Waals surface area (Å²) in [5.74, 6) is 1.14. The molecule has 0 fully saturated rings. The lowest BCUT2D eigenvalue weighted by atomic mass is 10.1. The summed E-state index contributed by atoms with van der Waals surface area (Å²) in [6.07, 6.45) is 14.7. The predicted molar refractivity (Wildman–Crippen MR) is 72.9 cm³/mol. The number of imidazole rings is 1. The van der Waals surface area contributed by atoms with Crippen LogP contribution < -0.4 is 0 Å². The average Bonchev–Trinajstić information content (AvgIpc) is 2.70. The molecule has 1 aromatic heterocycles. The Labute approximate surface area is 105 Å². The monoisotopic (exact) mass is 242 g/mol. The van der Waals surface area contributed by atoms with Crippen LogP contribution in [0.2, 0.25) is 0 Å². The third kappa shape index (κ3) is 5.36. The fourth-order valence-corrected chi connectivity index (χ4v) is 1.77. The Bertz CT molecular complexity index is 281. The molecule has 16 heavy (non-hydrogen) atoms. The molecule has 3 heteroatoms. The molecule has 1 heterocycles. The number of unbranched alkanes of at least 4 members (excludes halogenated alkanes) is 5. The Morgan fingerprint density at radius 2 is 1.94 bits per heavy atom. The summed E-state index contributed by atoms with van der Waals surface area (Å²) >= 11 is 0. The molecular weight excluding hydrogens is 220 g/mol. The molecule has 0 bridgehead atoms. The van der Waals surface area contributed by atoms with E-state index in [1.54, 1.807) is 0 Å². The van der Waals surface area contributed by atoms with Gasteiger partial charge >= 0.3 is 0 Å². The third-order valence-corrected chi connectivity index (χ3v) is 2.70. The van der Waals surface area contributed by atoms with Crippen LogP contribution in [0, 0.1) is 0 Å². The summed E-state index contributed by atoms with van der Waals surface area (Å²) in [6.45, 7) is 6.01. The summed E-state index contributed by atoms with van der Waals surface area (Å²) in [5.41, 5.74) is 0. The number of hydrogen-bond acceptors (Lipinski definition) is 1. The molecule has 0 aromatic carbocycles. The molecule has 0 saturated carbocycles. The van der Waals surface area contributed by atoms with Crippen LogP contribution in [0.4, 0.5) is 0 Å². The molecule has 0 spiro atoms. The lowest BCUT2D eigenvalue weighted by Crippen LogP contribution is -1.95. The van der Waals surface area contributed by atoms with Crippen LogP contribution in [0.3, 0.4) is 0 Å². The second kappa shape index (κ2) is 9.46. The molecule has 1 rings (SSSR count). The fourth-order valence-electron chi connectivity index (χ4n) is 1.77. The van der Waals surface area contributed by atoms with Gasteiger partial charge in [-0.25, -0.2) is 4.98 Å². The Morgan fingerprint density at radius 3 is 2.62 bits per heavy atom. The molecule has 0 radical (unpaired) electrons. The molecular formula is C13H23ClN2. The predicted octanol–water partition coefficient (Wildman–Crippen LogP) is 4.31. The van der Waals surface area contributed by atoms with E-state index in [9.17, 15) is 0 Å². The van der Waals surface area contributed by atoms with Gasteiger partial charge in [-0.15, -0.1) is 12.4 Å². The minimum absolute atomic E-state index is 0. The number of halogens is 1. The molecule has 0 aliphatic rings. The summed E-state index contributed by atoms with van der Waals surface area (Å²) in [5, 5.41) is 0. The van der Waals surface area contributed by atoms with Crippen molar-refractivity contribution in [2.45, 2.75) is 51.9 Å². The summed E-state index contributed by atoms with van der Waals surface area (Å²) < 4.78 is 2.01. The van der Waals surface area contributed by atoms with Gasteiger partial charge in [-0.1, -0.05) is 45.6 Å². The third-order valence-electron chi connectivity index (χ3n) is 2.70. The highest BCUT2D eigenvalue weighted by Crippen LogP contribution is 2.08. The van der Waals surface area contributed by atoms with E-state index in [4.69, 9.17) is 0 Å². The number of rotatable bonds is 8. The topological polar surface area (TPSA) is 17.8 Å². The van der Waals surface area contributed by atoms with E-state index >= 15 is 0 Å². The van der Waals surface area contributed by atoms with Crippen LogP contribution >= 0.6 is 12.4 Å². The first-order valence-electron chi connectivity index (χ1n) is 6.02. The van der Waals surface area contributed by atoms with Crippen LogP contribution in [-0.4, -0.2) is 9.55 Å². The molecule has 0 atom stereocenters. The molecule has 1 aromatic rings. The van der Waals surface area contributed by atoms with Gasteiger partial charge in [0.1, 0.15) is 5.82 Å². The lowest BCUT2D eigenvalue weighted by Gasteiger charge is -2.02. The van der Waals surface area contributed by atoms with Gasteiger partial charge in [0.05, 0.1) is 0 Å². The van der Waals surface area contributed by atoms with Crippen LogP contribution in [0.5, 0.6) is 0 Å². The minimum atomic E-state index is 0. The summed E-state index contributed by atoms with van der Waals surface area (Å²) in [6, 6.07) is 0. The smallest absolute Gasteiger partial charge is 0.112 e. The number of aromatic nitrogens is 2. The number of nitrogens with zero attached hydrogens (tertiary/aromatic N) is 2. The van der Waals surface area contributed by atoms with Crippen molar-refractivity contribution in [3.63, 3.8) is 0 Å². The molecule has 0 unspecified atom stereocenters. The first kappa shape index (κ1) is 15.2. The zero-order chi connectivity index (χ0) is 10.9. The van der Waals surface area contributed by atoms with Crippen molar-refractivity contribution in [3.8, 4) is 0 Å². The first-order valence-corrected chi connectivity index (χ1v) is 6.02. The van der Waals surface area contributed by atoms with Gasteiger partial charge < -0.3 is 4.57 Å². The van der Waals surface area contributed by atoms with Crippen molar-refractivity contribution in [1.82, 2.24) is 9.55 Å². The first-order chi connectivity index (χ1) is 7.38. The van der Waals surface area contributed by atoms with Crippen LogP contribution in [-0.2, 0) is 6.42 Å². The van der Waals surface area contributed by atoms with E-state index in [0.29, 0.717) is 0 Å². The number of hydrogen-bond donors (Lipinski definition) is 0. The van der Waals surface area contributed by atoms with Crippen LogP contribution in [0.1, 0.15) is 51.3 Å². The normalized spacial score (nSPS) is 9.81. The zero-order valence-electron chi connectivity index (χ0n) is 10.2. The van der Waals surface area contributed by atoms with E-state index in [1.165, 1.54) is 38.5 Å². The van der Waals surface area contributed by atoms with Gasteiger partial charge in [-0.3, -0.25) is 0 Å². The molecule has 0 aliphatic heterocycles. The fraction of sp³-hybridized carbons (Fsp3) is 0.615. The van der Waals surface area contributed by atoms with E-state index in [0.717, 1.165) is 12.2 Å². The molecule has 0 aliphatic carbocycles. The van der Waals surface area contributed by atoms with Crippen LogP contribution in [0.15, 0.2) is 19.0 Å². The summed E-state index contributed by atoms with van der Waals surface area (Å²) in [7, 11) is 0. The highest BCUT2D eigenvalue weighted by Gasteiger charge is 1.99. The van der Waals surface area contributed by atoms with Gasteiger partial charge in [-0.05, 0) is 6.42 Å². The molecule has 0 saturated heterocycles. The van der Waals surface area contributed by atoms with Crippen molar-refractivity contribution in [2.75, 3.05) is 0 Å². The quantitative estimate of drug-likeness (QED) is 0.622. The van der Waals surface area contributed by atoms with Crippen LogP contribution in [0.25, 0.3) is 6.20 Å². The Hall–Kier alpha value is -0.760. The maximum atomic E-state index is 4.31. The number of aryl methyl sites for hydroxylation is 1. The highest BCUT2D eigenvalue weighted by molar-refractivity contribution is 5.85. The summed E-state index contributed by atoms with van der Waals surface area (Å²) in [4.78, 5) is 4.31. The van der Waals surface area contributed by atoms with Crippen molar-refractivity contribution < 1.29 is 0 Å². The Kier molecular flexibility index (Phi) is 9.02. The van der Waals surface area contributed by atoms with Crippen molar-refractivity contribution >= 4 is 18.6 Å². The van der Waals surface area contributed by atoms with Crippen molar-refractivity contribution in [1.29, 1.82) is 0 Å². The Balaban J connectivity index is 0.00000225. The van der Waals surface area contributed by atoms with Gasteiger partial charge in [0.15, 0.2) is 0 Å². The largest absolute Gasteiger partial charge is 0.311 e. The van der Waals surface area contributed by atoms with Gasteiger partial charge in [0.25, 0.3) is 0 Å². The molecule has 2 nitrogen and oxygen atoms in total. The molecule has 0 amide bonds. The molecule has 92 valence electrons. The van der Waals surface area contributed by atoms with E-state index in [2.05, 4.69) is 18.5 Å². The Morgan fingerprint density at radius 1 is 1.25 bits per heavy atom.